The second kappa shape index (κ2) is 15.1. The van der Waals surface area contributed by atoms with E-state index in [2.05, 4.69) is 22.9 Å². The topological polar surface area (TPSA) is 123 Å². The predicted octanol–water partition coefficient (Wildman–Crippen LogP) is 4.63. The summed E-state index contributed by atoms with van der Waals surface area (Å²) in [6.07, 6.45) is 0.751. The van der Waals surface area contributed by atoms with Crippen LogP contribution < -0.4 is 9.04 Å². The molecule has 3 aliphatic rings. The second-order valence-corrected chi connectivity index (χ2v) is 13.6. The fraction of sp³-hybridized carbons (Fsp3) is 0.382. The lowest BCUT2D eigenvalue weighted by Gasteiger charge is -2.42. The van der Waals surface area contributed by atoms with Gasteiger partial charge in [-0.2, -0.15) is 9.57 Å². The van der Waals surface area contributed by atoms with Crippen molar-refractivity contribution >= 4 is 52.5 Å². The van der Waals surface area contributed by atoms with Gasteiger partial charge in [0.2, 0.25) is 5.60 Å². The van der Waals surface area contributed by atoms with Crippen molar-refractivity contribution < 1.29 is 27.5 Å². The molecule has 3 aromatic carbocycles. The van der Waals surface area contributed by atoms with E-state index in [4.69, 9.17) is 9.47 Å². The maximum absolute atomic E-state index is 14.9. The summed E-state index contributed by atoms with van der Waals surface area (Å²) < 4.78 is 41.2. The van der Waals surface area contributed by atoms with Crippen molar-refractivity contribution in [3.63, 3.8) is 0 Å². The van der Waals surface area contributed by atoms with E-state index in [0.29, 0.717) is 23.4 Å². The van der Waals surface area contributed by atoms with Gasteiger partial charge in [0.05, 0.1) is 34.4 Å². The first-order chi connectivity index (χ1) is 22.2. The molecule has 256 valence electrons. The Morgan fingerprint density at radius 3 is 2.21 bits per heavy atom. The summed E-state index contributed by atoms with van der Waals surface area (Å²) in [5.74, 6) is -0.735. The molecule has 2 saturated heterocycles. The number of carbonyl (C=O) groups excluding carboxylic acids is 2. The number of likely N-dealkylation sites (N-methyl/N-ethyl adjacent to an activating group) is 1. The number of nitrogens with zero attached hydrogens (tertiary/aromatic N) is 5. The van der Waals surface area contributed by atoms with Gasteiger partial charge < -0.3 is 19.3 Å². The lowest BCUT2D eigenvalue weighted by Crippen LogP contribution is -2.54. The average Bonchev–Trinajstić information content (AvgIpc) is 3.33. The zero-order valence-electron chi connectivity index (χ0n) is 26.8. The molecule has 48 heavy (non-hydrogen) atoms. The third-order valence-corrected chi connectivity index (χ3v) is 10.8. The van der Waals surface area contributed by atoms with Crippen LogP contribution in [0.5, 0.6) is 5.75 Å². The summed E-state index contributed by atoms with van der Waals surface area (Å²) in [5.41, 5.74) is -1.83. The van der Waals surface area contributed by atoms with Crippen LogP contribution in [0.15, 0.2) is 77.7 Å². The maximum Gasteiger partial charge on any atom is 0.411 e. The molecule has 0 N–H and O–H groups in total. The fourth-order valence-corrected chi connectivity index (χ4v) is 8.09. The monoisotopic (exact) mass is 715 g/mol. The lowest BCUT2D eigenvalue weighted by atomic mass is 9.85. The second-order valence-electron chi connectivity index (χ2n) is 11.8. The van der Waals surface area contributed by atoms with Crippen LogP contribution in [-0.4, -0.2) is 94.1 Å². The Labute approximate surface area is 293 Å². The number of nitriles is 1. The highest BCUT2D eigenvalue weighted by Crippen LogP contribution is 2.52. The smallest absolute Gasteiger partial charge is 0.411 e. The third kappa shape index (κ3) is 6.58. The van der Waals surface area contributed by atoms with Gasteiger partial charge in [0.15, 0.2) is 0 Å². The number of likely N-dealkylation sites (tertiary alicyclic amines) is 1. The number of piperidine rings is 1. The van der Waals surface area contributed by atoms with Gasteiger partial charge in [0.25, 0.3) is 15.9 Å². The number of amides is 2. The van der Waals surface area contributed by atoms with Crippen LogP contribution in [0, 0.1) is 11.3 Å². The van der Waals surface area contributed by atoms with E-state index >= 15 is 0 Å². The summed E-state index contributed by atoms with van der Waals surface area (Å²) in [4.78, 5) is 35.2. The van der Waals surface area contributed by atoms with Gasteiger partial charge in [-0.05, 0) is 63.2 Å². The van der Waals surface area contributed by atoms with Crippen molar-refractivity contribution in [1.82, 2.24) is 14.7 Å². The minimum Gasteiger partial charge on any atom is -0.493 e. The molecule has 0 radical (unpaired) electrons. The number of rotatable bonds is 7. The van der Waals surface area contributed by atoms with Crippen molar-refractivity contribution in [1.29, 1.82) is 5.26 Å². The van der Waals surface area contributed by atoms with Crippen LogP contribution in [-0.2, 0) is 25.2 Å². The van der Waals surface area contributed by atoms with E-state index in [9.17, 15) is 23.3 Å². The van der Waals surface area contributed by atoms with Gasteiger partial charge in [0.1, 0.15) is 5.75 Å². The van der Waals surface area contributed by atoms with Crippen LogP contribution in [0.25, 0.3) is 0 Å². The predicted molar refractivity (Wildman–Crippen MR) is 185 cm³/mol. The number of fused-ring (bicyclic) bond motifs is 1. The third-order valence-electron chi connectivity index (χ3n) is 9.07. The van der Waals surface area contributed by atoms with Crippen LogP contribution in [0.3, 0.4) is 0 Å². The van der Waals surface area contributed by atoms with Gasteiger partial charge in [-0.1, -0.05) is 36.4 Å². The number of hydrogen-bond acceptors (Lipinski definition) is 9. The number of ether oxygens (including phenoxy) is 2. The summed E-state index contributed by atoms with van der Waals surface area (Å²) in [7, 11) is -2.35. The molecule has 11 nitrogen and oxygen atoms in total. The molecule has 2 fully saturated rings. The average molecular weight is 717 g/mol. The Morgan fingerprint density at radius 2 is 1.56 bits per heavy atom. The van der Waals surface area contributed by atoms with Crippen LogP contribution in [0.2, 0.25) is 0 Å². The van der Waals surface area contributed by atoms with E-state index in [-0.39, 0.29) is 64.4 Å². The van der Waals surface area contributed by atoms with E-state index < -0.39 is 27.6 Å². The number of benzene rings is 3. The highest BCUT2D eigenvalue weighted by Gasteiger charge is 2.61. The van der Waals surface area contributed by atoms with E-state index in [1.165, 1.54) is 30.3 Å². The molecule has 0 aromatic heterocycles. The molecule has 1 atom stereocenters. The van der Waals surface area contributed by atoms with Crippen molar-refractivity contribution in [3.05, 3.63) is 89.5 Å². The summed E-state index contributed by atoms with van der Waals surface area (Å²) in [6, 6.07) is 20.9. The number of carbonyl (C=O) groups is 2. The Morgan fingerprint density at radius 1 is 0.917 bits per heavy atom. The summed E-state index contributed by atoms with van der Waals surface area (Å²) in [5, 5.41) is 9.84. The van der Waals surface area contributed by atoms with Crippen molar-refractivity contribution in [2.45, 2.75) is 36.3 Å². The number of para-hydroxylation sites is 1. The van der Waals surface area contributed by atoms with E-state index in [1.54, 1.807) is 54.3 Å². The van der Waals surface area contributed by atoms with Gasteiger partial charge in [0, 0.05) is 50.9 Å². The molecule has 3 aliphatic heterocycles. The molecule has 1 unspecified atom stereocenters. The zero-order chi connectivity index (χ0) is 32.5. The molecule has 6 rings (SSSR count). The molecule has 0 aliphatic carbocycles. The number of anilines is 1. The van der Waals surface area contributed by atoms with Crippen LogP contribution in [0.1, 0.15) is 36.5 Å². The number of hydrogen-bond donors (Lipinski definition) is 0. The first-order valence-corrected chi connectivity index (χ1v) is 17.0. The molecule has 14 heteroatoms. The minimum absolute atomic E-state index is 0. The van der Waals surface area contributed by atoms with E-state index in [0.717, 1.165) is 39.0 Å². The Hall–Kier alpha value is -3.86. The quantitative estimate of drug-likeness (QED) is 0.345. The van der Waals surface area contributed by atoms with Gasteiger partial charge in [-0.25, -0.2) is 13.2 Å². The van der Waals surface area contributed by atoms with Gasteiger partial charge in [-0.3, -0.25) is 9.69 Å². The van der Waals surface area contributed by atoms with Gasteiger partial charge in [-0.15, -0.1) is 24.8 Å². The van der Waals surface area contributed by atoms with Gasteiger partial charge >= 0.3 is 6.09 Å². The first kappa shape index (κ1) is 37.0. The number of piperazine rings is 1. The maximum atomic E-state index is 14.9. The molecular formula is C34H39Cl2N5O6S. The molecule has 0 saturated carbocycles. The largest absolute Gasteiger partial charge is 0.493 e. The fourth-order valence-electron chi connectivity index (χ4n) is 6.62. The van der Waals surface area contributed by atoms with Crippen molar-refractivity contribution in [2.75, 3.05) is 57.2 Å². The molecule has 0 bridgehead atoms. The summed E-state index contributed by atoms with van der Waals surface area (Å²) >= 11 is 0. The molecular weight excluding hydrogens is 677 g/mol. The Balaban J connectivity index is 0.00000260. The Bertz CT molecular complexity index is 1770. The molecule has 2 amide bonds. The zero-order valence-corrected chi connectivity index (χ0v) is 29.2. The highest BCUT2D eigenvalue weighted by molar-refractivity contribution is 7.93. The van der Waals surface area contributed by atoms with Crippen molar-refractivity contribution in [3.8, 4) is 11.8 Å². The normalized spacial score (nSPS) is 20.2. The molecule has 3 aromatic rings. The summed E-state index contributed by atoms with van der Waals surface area (Å²) in [6.45, 7) is 6.81. The molecule has 0 spiro atoms. The number of sulfonamides is 1. The van der Waals surface area contributed by atoms with E-state index in [1.807, 2.05) is 0 Å². The SMILES string of the molecule is CCOc1ccccc1C1(OC(=O)N2CCC(N3CCN(C)CC3)CC2)C(=O)N(S(=O)(=O)c2ccccc2)c2ccc(C#N)cc21.Cl.Cl. The van der Waals surface area contributed by atoms with Crippen LogP contribution >= 0.6 is 24.8 Å². The van der Waals surface area contributed by atoms with Crippen LogP contribution in [0.4, 0.5) is 10.5 Å². The standard InChI is InChI=1S/C34H37N5O6S.2ClH/c1-3-44-31-12-8-7-11-28(31)34(45-33(41)38-17-15-26(16-18-38)37-21-19-36(2)20-22-37)29-23-25(24-35)13-14-30(29)39(32(34)40)46(42,43)27-9-5-4-6-10-27;;/h4-14,23,26H,3,15-22H2,1-2H3;2*1H. The highest BCUT2D eigenvalue weighted by atomic mass is 35.5. The minimum atomic E-state index is -4.46. The lowest BCUT2D eigenvalue weighted by molar-refractivity contribution is -0.132. The molecule has 3 heterocycles. The van der Waals surface area contributed by atoms with Crippen molar-refractivity contribution in [2.24, 2.45) is 0 Å². The first-order valence-electron chi connectivity index (χ1n) is 15.5. The number of halogens is 2. The Kier molecular flexibility index (Phi) is 11.7.